The normalized spacial score (nSPS) is 22.0. The Hall–Kier alpha value is -1.84. The fourth-order valence-corrected chi connectivity index (χ4v) is 3.08. The van der Waals surface area contributed by atoms with Gasteiger partial charge in [0.2, 0.25) is 0 Å². The number of rotatable bonds is 5. The number of likely N-dealkylation sites (tertiary alicyclic amines) is 1. The van der Waals surface area contributed by atoms with Crippen LogP contribution in [-0.4, -0.2) is 24.0 Å². The van der Waals surface area contributed by atoms with Crippen molar-refractivity contribution in [1.82, 2.24) is 4.90 Å². The average Bonchev–Trinajstić information content (AvgIpc) is 2.58. The van der Waals surface area contributed by atoms with Crippen molar-refractivity contribution in [2.75, 3.05) is 13.1 Å². The molecule has 3 heteroatoms. The third kappa shape index (κ3) is 4.57. The van der Waals surface area contributed by atoms with Crippen molar-refractivity contribution in [1.29, 1.82) is 0 Å². The maximum Gasteiger partial charge on any atom is 0.119 e. The molecule has 2 aromatic rings. The van der Waals surface area contributed by atoms with Gasteiger partial charge >= 0.3 is 0 Å². The zero-order chi connectivity index (χ0) is 16.1. The van der Waals surface area contributed by atoms with Crippen molar-refractivity contribution >= 4 is 0 Å². The molecule has 0 saturated carbocycles. The van der Waals surface area contributed by atoms with E-state index in [4.69, 9.17) is 10.5 Å². The van der Waals surface area contributed by atoms with E-state index in [-0.39, 0.29) is 0 Å². The lowest BCUT2D eigenvalue weighted by molar-refractivity contribution is 0.158. The van der Waals surface area contributed by atoms with E-state index in [9.17, 15) is 0 Å². The molecular formula is C20H26N2O. The van der Waals surface area contributed by atoms with E-state index in [1.807, 2.05) is 18.2 Å². The minimum Gasteiger partial charge on any atom is -0.489 e. The molecular weight excluding hydrogens is 284 g/mol. The standard InChI is InChI=1S/C20H26N2O/c1-16-13-22(12-11-20(16)21)14-17-7-9-19(10-8-17)23-15-18-5-3-2-4-6-18/h2-10,16,20H,11-15,21H2,1H3. The molecule has 0 spiro atoms. The summed E-state index contributed by atoms with van der Waals surface area (Å²) in [5.41, 5.74) is 8.61. The van der Waals surface area contributed by atoms with E-state index in [0.717, 1.165) is 31.8 Å². The van der Waals surface area contributed by atoms with Crippen LogP contribution in [0, 0.1) is 5.92 Å². The highest BCUT2D eigenvalue weighted by molar-refractivity contribution is 5.27. The molecule has 3 nitrogen and oxygen atoms in total. The Balaban J connectivity index is 1.51. The Morgan fingerprint density at radius 3 is 2.48 bits per heavy atom. The van der Waals surface area contributed by atoms with E-state index in [2.05, 4.69) is 48.2 Å². The monoisotopic (exact) mass is 310 g/mol. The Morgan fingerprint density at radius 1 is 1.04 bits per heavy atom. The Bertz CT molecular complexity index is 597. The van der Waals surface area contributed by atoms with Gasteiger partial charge in [-0.25, -0.2) is 0 Å². The highest BCUT2D eigenvalue weighted by Gasteiger charge is 2.22. The smallest absolute Gasteiger partial charge is 0.119 e. The van der Waals surface area contributed by atoms with Gasteiger partial charge in [0.05, 0.1) is 0 Å². The largest absolute Gasteiger partial charge is 0.489 e. The first-order valence-electron chi connectivity index (χ1n) is 8.44. The van der Waals surface area contributed by atoms with Crippen LogP contribution in [0.3, 0.4) is 0 Å². The van der Waals surface area contributed by atoms with Gasteiger partial charge < -0.3 is 10.5 Å². The molecule has 1 heterocycles. The molecule has 122 valence electrons. The number of nitrogens with zero attached hydrogens (tertiary/aromatic N) is 1. The van der Waals surface area contributed by atoms with Crippen LogP contribution >= 0.6 is 0 Å². The van der Waals surface area contributed by atoms with Crippen molar-refractivity contribution in [3.8, 4) is 5.75 Å². The number of ether oxygens (including phenoxy) is 1. The number of hydrogen-bond acceptors (Lipinski definition) is 3. The molecule has 0 bridgehead atoms. The van der Waals surface area contributed by atoms with Crippen molar-refractivity contribution in [2.24, 2.45) is 11.7 Å². The predicted octanol–water partition coefficient (Wildman–Crippen LogP) is 3.43. The molecule has 2 aromatic carbocycles. The van der Waals surface area contributed by atoms with Crippen molar-refractivity contribution in [3.63, 3.8) is 0 Å². The first-order valence-corrected chi connectivity index (χ1v) is 8.44. The van der Waals surface area contributed by atoms with E-state index in [1.54, 1.807) is 0 Å². The summed E-state index contributed by atoms with van der Waals surface area (Å²) in [6.45, 7) is 6.04. The van der Waals surface area contributed by atoms with Gasteiger partial charge in [0.25, 0.3) is 0 Å². The van der Waals surface area contributed by atoms with Gasteiger partial charge in [0.15, 0.2) is 0 Å². The fraction of sp³-hybridized carbons (Fsp3) is 0.400. The van der Waals surface area contributed by atoms with Crippen molar-refractivity contribution in [3.05, 3.63) is 65.7 Å². The summed E-state index contributed by atoms with van der Waals surface area (Å²) in [4.78, 5) is 2.49. The predicted molar refractivity (Wildman–Crippen MR) is 94.2 cm³/mol. The van der Waals surface area contributed by atoms with Crippen LogP contribution in [0.4, 0.5) is 0 Å². The van der Waals surface area contributed by atoms with Crippen LogP contribution in [0.5, 0.6) is 5.75 Å². The molecule has 2 N–H and O–H groups in total. The lowest BCUT2D eigenvalue weighted by Crippen LogP contribution is -2.45. The summed E-state index contributed by atoms with van der Waals surface area (Å²) in [6.07, 6.45) is 1.10. The van der Waals surface area contributed by atoms with Crippen molar-refractivity contribution in [2.45, 2.75) is 32.5 Å². The SMILES string of the molecule is CC1CN(Cc2ccc(OCc3ccccc3)cc2)CCC1N. The summed E-state index contributed by atoms with van der Waals surface area (Å²) in [7, 11) is 0. The second kappa shape index (κ2) is 7.62. The topological polar surface area (TPSA) is 38.5 Å². The van der Waals surface area contributed by atoms with Gasteiger partial charge in [0.1, 0.15) is 12.4 Å². The molecule has 0 aromatic heterocycles. The summed E-state index contributed by atoms with van der Waals surface area (Å²) < 4.78 is 5.84. The molecule has 2 atom stereocenters. The maximum atomic E-state index is 6.09. The minimum absolute atomic E-state index is 0.361. The molecule has 23 heavy (non-hydrogen) atoms. The summed E-state index contributed by atoms with van der Waals surface area (Å²) in [6, 6.07) is 19.1. The molecule has 0 aliphatic carbocycles. The molecule has 1 saturated heterocycles. The van der Waals surface area contributed by atoms with Crippen LogP contribution in [-0.2, 0) is 13.2 Å². The molecule has 0 amide bonds. The number of nitrogens with two attached hydrogens (primary N) is 1. The zero-order valence-electron chi connectivity index (χ0n) is 13.8. The van der Waals surface area contributed by atoms with E-state index < -0.39 is 0 Å². The van der Waals surface area contributed by atoms with E-state index in [0.29, 0.717) is 18.6 Å². The van der Waals surface area contributed by atoms with Crippen LogP contribution in [0.1, 0.15) is 24.5 Å². The second-order valence-corrected chi connectivity index (χ2v) is 6.58. The number of hydrogen-bond donors (Lipinski definition) is 1. The molecule has 0 radical (unpaired) electrons. The van der Waals surface area contributed by atoms with Crippen molar-refractivity contribution < 1.29 is 4.74 Å². The van der Waals surface area contributed by atoms with Crippen LogP contribution < -0.4 is 10.5 Å². The minimum atomic E-state index is 0.361. The van der Waals surface area contributed by atoms with Gasteiger partial charge in [-0.1, -0.05) is 49.4 Å². The van der Waals surface area contributed by atoms with Gasteiger partial charge in [-0.2, -0.15) is 0 Å². The number of benzene rings is 2. The molecule has 1 aliphatic rings. The Labute approximate surface area is 139 Å². The van der Waals surface area contributed by atoms with Crippen LogP contribution in [0.2, 0.25) is 0 Å². The van der Waals surface area contributed by atoms with Gasteiger partial charge in [-0.05, 0) is 42.1 Å². The van der Waals surface area contributed by atoms with Gasteiger partial charge in [-0.15, -0.1) is 0 Å². The first kappa shape index (κ1) is 16.0. The maximum absolute atomic E-state index is 6.09. The quantitative estimate of drug-likeness (QED) is 0.919. The number of piperidine rings is 1. The molecule has 1 fully saturated rings. The zero-order valence-corrected chi connectivity index (χ0v) is 13.8. The Kier molecular flexibility index (Phi) is 5.31. The Morgan fingerprint density at radius 2 is 1.78 bits per heavy atom. The molecule has 1 aliphatic heterocycles. The third-order valence-corrected chi connectivity index (χ3v) is 4.63. The van der Waals surface area contributed by atoms with E-state index >= 15 is 0 Å². The first-order chi connectivity index (χ1) is 11.2. The fourth-order valence-electron chi connectivity index (χ4n) is 3.08. The lowest BCUT2D eigenvalue weighted by atomic mass is 9.94. The van der Waals surface area contributed by atoms with E-state index in [1.165, 1.54) is 11.1 Å². The average molecular weight is 310 g/mol. The lowest BCUT2D eigenvalue weighted by Gasteiger charge is -2.35. The van der Waals surface area contributed by atoms with Crippen LogP contribution in [0.25, 0.3) is 0 Å². The second-order valence-electron chi connectivity index (χ2n) is 6.58. The van der Waals surface area contributed by atoms with Gasteiger partial charge in [-0.3, -0.25) is 4.90 Å². The van der Waals surface area contributed by atoms with Crippen LogP contribution in [0.15, 0.2) is 54.6 Å². The third-order valence-electron chi connectivity index (χ3n) is 4.63. The summed E-state index contributed by atoms with van der Waals surface area (Å²) in [5.74, 6) is 1.50. The summed E-state index contributed by atoms with van der Waals surface area (Å²) in [5, 5.41) is 0. The highest BCUT2D eigenvalue weighted by Crippen LogP contribution is 2.19. The molecule has 2 unspecified atom stereocenters. The van der Waals surface area contributed by atoms with Gasteiger partial charge in [0, 0.05) is 19.1 Å². The molecule has 3 rings (SSSR count). The highest BCUT2D eigenvalue weighted by atomic mass is 16.5. The summed E-state index contributed by atoms with van der Waals surface area (Å²) >= 11 is 0.